The fraction of sp³-hybridized carbons (Fsp3) is 0.652. The smallest absolute Gasteiger partial charge is 0.332 e. The number of aliphatic hydroxyl groups is 1. The number of aryl methyl sites for hydroxylation is 1. The molecule has 0 unspecified atom stereocenters. The standard InChI is InChI=1S/C23H33N7O7/c1-13(31)26-14(9-16(24)32)19(33)29-7-5-23(6-8-29)11-22(2,36)15(10-37-23)30-12-25-18-17(30)20(34)28(4)21(35)27(18)3/h12,14-15,36H,5-11H2,1-4H3,(H2,24,32)(H,26,31)/t14-,15-,22-/m1/s1. The van der Waals surface area contributed by atoms with Gasteiger partial charge >= 0.3 is 5.69 Å². The molecule has 4 rings (SSSR count). The first kappa shape index (κ1) is 26.5. The van der Waals surface area contributed by atoms with E-state index in [1.165, 1.54) is 31.9 Å². The topological polar surface area (TPSA) is 184 Å². The number of nitrogens with two attached hydrogens (primary N) is 1. The Hall–Kier alpha value is -3.52. The molecular weight excluding hydrogens is 486 g/mol. The first-order chi connectivity index (χ1) is 17.3. The molecule has 4 N–H and O–H groups in total. The molecule has 1 spiro atoms. The maximum atomic E-state index is 13.0. The number of primary amides is 1. The van der Waals surface area contributed by atoms with Crippen LogP contribution in [0.2, 0.25) is 0 Å². The van der Waals surface area contributed by atoms with Crippen LogP contribution >= 0.6 is 0 Å². The fourth-order valence-electron chi connectivity index (χ4n) is 5.56. The van der Waals surface area contributed by atoms with E-state index in [0.29, 0.717) is 25.9 Å². The third-order valence-electron chi connectivity index (χ3n) is 7.52. The highest BCUT2D eigenvalue weighted by Crippen LogP contribution is 2.44. The van der Waals surface area contributed by atoms with Gasteiger partial charge in [0.05, 0.1) is 36.6 Å². The second-order valence-electron chi connectivity index (χ2n) is 10.3. The molecule has 3 atom stereocenters. The van der Waals surface area contributed by atoms with Crippen LogP contribution in [0.25, 0.3) is 11.2 Å². The predicted octanol–water partition coefficient (Wildman–Crippen LogP) is -2.11. The molecule has 2 aromatic heterocycles. The van der Waals surface area contributed by atoms with Crippen LogP contribution in [0.5, 0.6) is 0 Å². The van der Waals surface area contributed by atoms with Crippen molar-refractivity contribution in [3.05, 3.63) is 27.2 Å². The number of nitrogens with one attached hydrogen (secondary N) is 1. The Kier molecular flexibility index (Phi) is 6.75. The number of hydrogen-bond acceptors (Lipinski definition) is 8. The molecular formula is C23H33N7O7. The van der Waals surface area contributed by atoms with Crippen LogP contribution in [0.15, 0.2) is 15.9 Å². The van der Waals surface area contributed by atoms with Crippen molar-refractivity contribution in [3.63, 3.8) is 0 Å². The normalized spacial score (nSPS) is 24.2. The highest BCUT2D eigenvalue weighted by Gasteiger charge is 2.50. The van der Waals surface area contributed by atoms with E-state index in [-0.39, 0.29) is 30.6 Å². The number of hydrogen-bond donors (Lipinski definition) is 3. The van der Waals surface area contributed by atoms with E-state index in [1.807, 2.05) is 0 Å². The number of carbonyl (C=O) groups excluding carboxylic acids is 3. The van der Waals surface area contributed by atoms with Crippen molar-refractivity contribution in [2.75, 3.05) is 19.7 Å². The zero-order valence-corrected chi connectivity index (χ0v) is 21.4. The number of fused-ring (bicyclic) bond motifs is 1. The van der Waals surface area contributed by atoms with Gasteiger partial charge in [0, 0.05) is 40.5 Å². The number of amides is 3. The lowest BCUT2D eigenvalue weighted by molar-refractivity contribution is -0.197. The summed E-state index contributed by atoms with van der Waals surface area (Å²) in [5, 5.41) is 14.0. The van der Waals surface area contributed by atoms with E-state index >= 15 is 0 Å². The zero-order valence-electron chi connectivity index (χ0n) is 21.4. The van der Waals surface area contributed by atoms with Crippen LogP contribution in [0.3, 0.4) is 0 Å². The Morgan fingerprint density at radius 3 is 2.46 bits per heavy atom. The maximum Gasteiger partial charge on any atom is 0.332 e. The first-order valence-electron chi connectivity index (χ1n) is 12.1. The number of likely N-dealkylation sites (tertiary alicyclic amines) is 1. The number of piperidine rings is 1. The lowest BCUT2D eigenvalue weighted by Crippen LogP contribution is -2.59. The Morgan fingerprint density at radius 1 is 1.24 bits per heavy atom. The Morgan fingerprint density at radius 2 is 1.89 bits per heavy atom. The summed E-state index contributed by atoms with van der Waals surface area (Å²) in [6, 6.07) is -1.66. The van der Waals surface area contributed by atoms with Gasteiger partial charge in [-0.15, -0.1) is 0 Å². The fourth-order valence-corrected chi connectivity index (χ4v) is 5.56. The van der Waals surface area contributed by atoms with E-state index in [4.69, 9.17) is 10.5 Å². The van der Waals surface area contributed by atoms with Gasteiger partial charge in [0.15, 0.2) is 11.2 Å². The van der Waals surface area contributed by atoms with Gasteiger partial charge < -0.3 is 30.4 Å². The summed E-state index contributed by atoms with van der Waals surface area (Å²) in [6.45, 7) is 3.65. The summed E-state index contributed by atoms with van der Waals surface area (Å²) in [5.41, 5.74) is 2.68. The molecule has 2 aliphatic rings. The summed E-state index contributed by atoms with van der Waals surface area (Å²) < 4.78 is 10.2. The molecule has 2 aromatic rings. The molecule has 3 amide bonds. The minimum absolute atomic E-state index is 0.0919. The van der Waals surface area contributed by atoms with E-state index in [0.717, 1.165) is 4.57 Å². The number of ether oxygens (including phenoxy) is 1. The monoisotopic (exact) mass is 519 g/mol. The average Bonchev–Trinajstić information content (AvgIpc) is 3.24. The molecule has 14 nitrogen and oxygen atoms in total. The van der Waals surface area contributed by atoms with E-state index in [1.54, 1.807) is 16.4 Å². The molecule has 202 valence electrons. The summed E-state index contributed by atoms with van der Waals surface area (Å²) in [7, 11) is 2.92. The SMILES string of the molecule is CC(=O)N[C@H](CC(N)=O)C(=O)N1CCC2(CC1)C[C@@](C)(O)[C@H](n1cnc3c1c(=O)n(C)c(=O)n3C)CO2. The highest BCUT2D eigenvalue weighted by molar-refractivity contribution is 5.91. The minimum atomic E-state index is -1.29. The molecule has 0 saturated carbocycles. The summed E-state index contributed by atoms with van der Waals surface area (Å²) in [6.07, 6.45) is 2.26. The van der Waals surface area contributed by atoms with Gasteiger partial charge in [-0.05, 0) is 19.8 Å². The largest absolute Gasteiger partial charge is 0.388 e. The van der Waals surface area contributed by atoms with Crippen LogP contribution < -0.4 is 22.3 Å². The van der Waals surface area contributed by atoms with Crippen LogP contribution in [-0.2, 0) is 33.2 Å². The van der Waals surface area contributed by atoms with Crippen molar-refractivity contribution >= 4 is 28.9 Å². The molecule has 0 aliphatic carbocycles. The summed E-state index contributed by atoms with van der Waals surface area (Å²) in [5.74, 6) is -1.52. The molecule has 2 aliphatic heterocycles. The predicted molar refractivity (Wildman–Crippen MR) is 130 cm³/mol. The highest BCUT2D eigenvalue weighted by atomic mass is 16.5. The van der Waals surface area contributed by atoms with Crippen LogP contribution in [0.4, 0.5) is 0 Å². The number of aromatic nitrogens is 4. The lowest BCUT2D eigenvalue weighted by atomic mass is 9.75. The third-order valence-corrected chi connectivity index (χ3v) is 7.52. The molecule has 2 fully saturated rings. The zero-order chi connectivity index (χ0) is 27.3. The summed E-state index contributed by atoms with van der Waals surface area (Å²) in [4.78, 5) is 66.8. The maximum absolute atomic E-state index is 13.0. The molecule has 0 aromatic carbocycles. The molecule has 14 heteroatoms. The van der Waals surface area contributed by atoms with Crippen molar-refractivity contribution in [1.29, 1.82) is 0 Å². The Balaban J connectivity index is 1.51. The first-order valence-corrected chi connectivity index (χ1v) is 12.1. The van der Waals surface area contributed by atoms with Crippen molar-refractivity contribution in [2.24, 2.45) is 19.8 Å². The molecule has 0 bridgehead atoms. The molecule has 4 heterocycles. The van der Waals surface area contributed by atoms with Gasteiger partial charge in [-0.2, -0.15) is 0 Å². The van der Waals surface area contributed by atoms with Crippen LogP contribution in [0, 0.1) is 0 Å². The number of rotatable bonds is 5. The Bertz CT molecular complexity index is 1350. The second kappa shape index (κ2) is 9.41. The van der Waals surface area contributed by atoms with Crippen LogP contribution in [0.1, 0.15) is 45.6 Å². The van der Waals surface area contributed by atoms with E-state index in [9.17, 15) is 29.1 Å². The number of carbonyl (C=O) groups is 3. The van der Waals surface area contributed by atoms with Gasteiger partial charge in [-0.3, -0.25) is 28.3 Å². The van der Waals surface area contributed by atoms with Crippen molar-refractivity contribution in [3.8, 4) is 0 Å². The average molecular weight is 520 g/mol. The van der Waals surface area contributed by atoms with E-state index in [2.05, 4.69) is 10.3 Å². The summed E-state index contributed by atoms with van der Waals surface area (Å²) >= 11 is 0. The minimum Gasteiger partial charge on any atom is -0.388 e. The quantitative estimate of drug-likeness (QED) is 0.401. The molecule has 37 heavy (non-hydrogen) atoms. The van der Waals surface area contributed by atoms with E-state index < -0.39 is 52.3 Å². The van der Waals surface area contributed by atoms with Gasteiger partial charge in [-0.1, -0.05) is 0 Å². The molecule has 2 saturated heterocycles. The third kappa shape index (κ3) is 4.78. The lowest BCUT2D eigenvalue weighted by Gasteiger charge is -2.51. The van der Waals surface area contributed by atoms with Crippen molar-refractivity contribution in [1.82, 2.24) is 28.9 Å². The van der Waals surface area contributed by atoms with Crippen molar-refractivity contribution in [2.45, 2.75) is 62.8 Å². The van der Waals surface area contributed by atoms with Gasteiger partial charge in [0.25, 0.3) is 5.56 Å². The number of imidazole rings is 1. The second-order valence-corrected chi connectivity index (χ2v) is 10.3. The van der Waals surface area contributed by atoms with Crippen molar-refractivity contribution < 1.29 is 24.2 Å². The molecule has 0 radical (unpaired) electrons. The number of nitrogens with zero attached hydrogens (tertiary/aromatic N) is 5. The Labute approximate surface area is 212 Å². The van der Waals surface area contributed by atoms with Gasteiger partial charge in [-0.25, -0.2) is 9.78 Å². The van der Waals surface area contributed by atoms with Gasteiger partial charge in [0.2, 0.25) is 17.7 Å². The van der Waals surface area contributed by atoms with Gasteiger partial charge in [0.1, 0.15) is 6.04 Å². The van der Waals surface area contributed by atoms with Crippen LogP contribution in [-0.4, -0.2) is 83.4 Å².